The second-order valence-corrected chi connectivity index (χ2v) is 10.2. The molecule has 2 heterocycles. The molecule has 3 aromatic rings. The van der Waals surface area contributed by atoms with Crippen LogP contribution in [0.2, 0.25) is 0 Å². The second-order valence-electron chi connectivity index (χ2n) is 8.54. The number of allylic oxidation sites excluding steroid dienone is 3. The number of anilines is 1. The van der Waals surface area contributed by atoms with Gasteiger partial charge in [-0.25, -0.2) is 12.8 Å². The number of halogens is 4. The summed E-state index contributed by atoms with van der Waals surface area (Å²) in [7, 11) is -2.75. The molecule has 0 aliphatic heterocycles. The number of fused-ring (bicyclic) bond motifs is 1. The number of alkyl halides is 4. The van der Waals surface area contributed by atoms with Gasteiger partial charge in [0.1, 0.15) is 18.2 Å². The van der Waals surface area contributed by atoms with E-state index in [1.54, 1.807) is 0 Å². The molecule has 1 N–H and O–H groups in total. The Morgan fingerprint density at radius 1 is 1.19 bits per heavy atom. The van der Waals surface area contributed by atoms with E-state index < -0.39 is 39.8 Å². The molecular weight excluding hydrogens is 506 g/mol. The third-order valence-electron chi connectivity index (χ3n) is 6.30. The molecular formula is C23H19F4N3O5S. The smallest absolute Gasteiger partial charge is 0.392 e. The van der Waals surface area contributed by atoms with Crippen LogP contribution < -0.4 is 10.3 Å². The molecule has 36 heavy (non-hydrogen) atoms. The number of nitrogens with one attached hydrogen (secondary N) is 1. The molecule has 5 rings (SSSR count). The zero-order valence-corrected chi connectivity index (χ0v) is 19.4. The first-order valence-corrected chi connectivity index (χ1v) is 12.3. The summed E-state index contributed by atoms with van der Waals surface area (Å²) in [4.78, 5) is 12.7. The maximum atomic E-state index is 15.1. The van der Waals surface area contributed by atoms with E-state index in [2.05, 4.69) is 14.4 Å². The van der Waals surface area contributed by atoms with Gasteiger partial charge in [0.05, 0.1) is 29.1 Å². The summed E-state index contributed by atoms with van der Waals surface area (Å²) in [6, 6.07) is 7.93. The minimum Gasteiger partial charge on any atom is -0.495 e. The highest BCUT2D eigenvalue weighted by Gasteiger charge is 2.58. The number of nitrogens with zero attached hydrogens (tertiary/aromatic N) is 2. The van der Waals surface area contributed by atoms with Crippen LogP contribution in [0.3, 0.4) is 0 Å². The molecule has 3 atom stereocenters. The van der Waals surface area contributed by atoms with Gasteiger partial charge in [0, 0.05) is 23.9 Å². The highest BCUT2D eigenvalue weighted by atomic mass is 32.2. The average molecular weight is 525 g/mol. The fourth-order valence-corrected chi connectivity index (χ4v) is 5.52. The zero-order chi connectivity index (χ0) is 25.8. The quantitative estimate of drug-likeness (QED) is 0.477. The van der Waals surface area contributed by atoms with Gasteiger partial charge in [0.15, 0.2) is 5.82 Å². The van der Waals surface area contributed by atoms with Crippen molar-refractivity contribution in [2.75, 3.05) is 11.8 Å². The minimum atomic E-state index is -4.41. The lowest BCUT2D eigenvalue weighted by atomic mass is 9.94. The van der Waals surface area contributed by atoms with E-state index >= 15 is 4.39 Å². The summed E-state index contributed by atoms with van der Waals surface area (Å²) >= 11 is 0. The first-order chi connectivity index (χ1) is 17.0. The van der Waals surface area contributed by atoms with Gasteiger partial charge in [-0.2, -0.15) is 13.2 Å². The fraction of sp³-hybridized carbons (Fsp3) is 0.304. The van der Waals surface area contributed by atoms with Gasteiger partial charge in [-0.1, -0.05) is 5.16 Å². The molecule has 8 nitrogen and oxygen atoms in total. The number of pyridine rings is 1. The molecule has 2 aliphatic rings. The maximum Gasteiger partial charge on any atom is 0.392 e. The van der Waals surface area contributed by atoms with E-state index in [1.165, 1.54) is 60.4 Å². The number of sulfonamides is 1. The molecule has 1 fully saturated rings. The fourth-order valence-electron chi connectivity index (χ4n) is 4.49. The van der Waals surface area contributed by atoms with Crippen LogP contribution in [0.1, 0.15) is 12.8 Å². The molecule has 190 valence electrons. The molecule has 2 aromatic heterocycles. The van der Waals surface area contributed by atoms with E-state index in [1.807, 2.05) is 0 Å². The minimum absolute atomic E-state index is 0.00137. The lowest BCUT2D eigenvalue weighted by Gasteiger charge is -2.25. The monoisotopic (exact) mass is 525 g/mol. The van der Waals surface area contributed by atoms with E-state index in [9.17, 15) is 26.4 Å². The number of methoxy groups -OCH3 is 1. The van der Waals surface area contributed by atoms with Crippen molar-refractivity contribution in [1.29, 1.82) is 0 Å². The molecule has 0 saturated heterocycles. The van der Waals surface area contributed by atoms with Crippen molar-refractivity contribution >= 4 is 32.4 Å². The maximum absolute atomic E-state index is 15.1. The summed E-state index contributed by atoms with van der Waals surface area (Å²) in [6.07, 6.45) is -4.25. The van der Waals surface area contributed by atoms with Crippen molar-refractivity contribution in [2.24, 2.45) is 11.8 Å². The average Bonchev–Trinajstić information content (AvgIpc) is 3.48. The van der Waals surface area contributed by atoms with Crippen molar-refractivity contribution in [1.82, 2.24) is 9.72 Å². The van der Waals surface area contributed by atoms with E-state index in [0.29, 0.717) is 5.39 Å². The third-order valence-corrected chi connectivity index (χ3v) is 7.65. The summed E-state index contributed by atoms with van der Waals surface area (Å²) < 4.78 is 93.1. The number of rotatable bonds is 6. The highest BCUT2D eigenvalue weighted by molar-refractivity contribution is 7.92. The van der Waals surface area contributed by atoms with Crippen LogP contribution in [0.25, 0.3) is 16.6 Å². The third kappa shape index (κ3) is 4.27. The summed E-state index contributed by atoms with van der Waals surface area (Å²) in [5.74, 6) is -2.49. The molecule has 1 unspecified atom stereocenters. The molecule has 0 spiro atoms. The van der Waals surface area contributed by atoms with Gasteiger partial charge >= 0.3 is 6.18 Å². The summed E-state index contributed by atoms with van der Waals surface area (Å²) in [6.45, 7) is 0. The van der Waals surface area contributed by atoms with Gasteiger partial charge in [-0.3, -0.25) is 14.1 Å². The Morgan fingerprint density at radius 3 is 2.61 bits per heavy atom. The zero-order valence-electron chi connectivity index (χ0n) is 18.6. The van der Waals surface area contributed by atoms with E-state index in [4.69, 9.17) is 4.74 Å². The summed E-state index contributed by atoms with van der Waals surface area (Å²) in [5, 5.41) is 3.86. The molecule has 1 aromatic carbocycles. The molecule has 13 heteroatoms. The predicted octanol–water partition coefficient (Wildman–Crippen LogP) is 4.47. The normalized spacial score (nSPS) is 22.5. The number of hydrogen-bond acceptors (Lipinski definition) is 6. The van der Waals surface area contributed by atoms with Crippen LogP contribution in [-0.4, -0.2) is 37.6 Å². The lowest BCUT2D eigenvalue weighted by Crippen LogP contribution is -2.25. The SMILES string of the molecule is COC1=C(n2c(=O)ccc3cc(S(=O)(=O)Nc4ccon4)ccc32)CC(F)C([C@H]2C[C@@H]2C(F)(F)F)=C1. The van der Waals surface area contributed by atoms with Crippen LogP contribution >= 0.6 is 0 Å². The standard InChI is InChI=1S/C23H19F4N3O5S/c1-34-20-10-15(14-9-16(14)23(25,26)27)17(24)11-19(20)30-18-4-3-13(8-12(18)2-5-22(30)31)36(32,33)29-21-6-7-35-28-21/h2-8,10,14,16-17H,9,11H2,1H3,(H,28,29)/t14-,16+,17?/m1/s1. The number of benzene rings is 1. The first-order valence-electron chi connectivity index (χ1n) is 10.8. The highest BCUT2D eigenvalue weighted by Crippen LogP contribution is 2.56. The van der Waals surface area contributed by atoms with Gasteiger partial charge in [0.25, 0.3) is 15.6 Å². The molecule has 1 saturated carbocycles. The predicted molar refractivity (Wildman–Crippen MR) is 121 cm³/mol. The Bertz CT molecular complexity index is 1560. The van der Waals surface area contributed by atoms with Crippen molar-refractivity contribution < 1.29 is 35.2 Å². The first kappa shape index (κ1) is 24.1. The lowest BCUT2D eigenvalue weighted by molar-refractivity contribution is -0.150. The molecule has 0 bridgehead atoms. The Labute approximate surface area is 201 Å². The van der Waals surface area contributed by atoms with Crippen LogP contribution in [0.4, 0.5) is 23.4 Å². The van der Waals surface area contributed by atoms with Gasteiger partial charge in [-0.05, 0) is 48.3 Å². The van der Waals surface area contributed by atoms with Crippen molar-refractivity contribution in [3.63, 3.8) is 0 Å². The van der Waals surface area contributed by atoms with E-state index in [0.717, 1.165) is 0 Å². The number of ether oxygens (including phenoxy) is 1. The van der Waals surface area contributed by atoms with Crippen molar-refractivity contribution in [3.05, 3.63) is 70.4 Å². The molecule has 0 amide bonds. The Morgan fingerprint density at radius 2 is 1.97 bits per heavy atom. The van der Waals surface area contributed by atoms with Crippen LogP contribution in [0, 0.1) is 11.8 Å². The topological polar surface area (TPSA) is 103 Å². The van der Waals surface area contributed by atoms with Gasteiger partial charge < -0.3 is 9.26 Å². The van der Waals surface area contributed by atoms with Crippen LogP contribution in [-0.2, 0) is 14.8 Å². The molecule has 2 aliphatic carbocycles. The number of aromatic nitrogens is 2. The number of hydrogen-bond donors (Lipinski definition) is 1. The molecule has 0 radical (unpaired) electrons. The Kier molecular flexibility index (Phi) is 5.69. The van der Waals surface area contributed by atoms with Crippen LogP contribution in [0.5, 0.6) is 0 Å². The second kappa shape index (κ2) is 8.50. The van der Waals surface area contributed by atoms with E-state index in [-0.39, 0.29) is 46.1 Å². The Hall–Kier alpha value is -3.61. The van der Waals surface area contributed by atoms with Crippen molar-refractivity contribution in [3.8, 4) is 0 Å². The van der Waals surface area contributed by atoms with Gasteiger partial charge in [0.2, 0.25) is 0 Å². The van der Waals surface area contributed by atoms with Gasteiger partial charge in [-0.15, -0.1) is 0 Å². The van der Waals surface area contributed by atoms with Crippen LogP contribution in [0.15, 0.2) is 74.3 Å². The summed E-state index contributed by atoms with van der Waals surface area (Å²) in [5.41, 5.74) is -0.133. The Balaban J connectivity index is 1.57. The van der Waals surface area contributed by atoms with Crippen molar-refractivity contribution in [2.45, 2.75) is 30.1 Å². The largest absolute Gasteiger partial charge is 0.495 e.